The Morgan fingerprint density at radius 3 is 2.60 bits per heavy atom. The van der Waals surface area contributed by atoms with Crippen molar-refractivity contribution >= 4 is 23.2 Å². The molecule has 3 nitrogen and oxygen atoms in total. The summed E-state index contributed by atoms with van der Waals surface area (Å²) in [5.41, 5.74) is 0.150. The van der Waals surface area contributed by atoms with Crippen molar-refractivity contribution in [2.75, 3.05) is 11.9 Å². The van der Waals surface area contributed by atoms with Crippen LogP contribution in [0.2, 0.25) is 5.02 Å². The van der Waals surface area contributed by atoms with Gasteiger partial charge >= 0.3 is 0 Å². The van der Waals surface area contributed by atoms with Gasteiger partial charge in [0.2, 0.25) is 0 Å². The van der Waals surface area contributed by atoms with E-state index in [4.69, 9.17) is 16.3 Å². The Labute approximate surface area is 119 Å². The fraction of sp³-hybridized carbons (Fsp3) is 0.0714. The number of hydrogen-bond donors (Lipinski definition) is 1. The van der Waals surface area contributed by atoms with Crippen LogP contribution in [0, 0.1) is 11.6 Å². The Balaban J connectivity index is 1.93. The number of nitrogens with one attached hydrogen (secondary N) is 1. The molecule has 1 amide bonds. The molecule has 104 valence electrons. The van der Waals surface area contributed by atoms with E-state index in [2.05, 4.69) is 5.32 Å². The lowest BCUT2D eigenvalue weighted by molar-refractivity contribution is -0.118. The van der Waals surface area contributed by atoms with Crippen LogP contribution in [0.15, 0.2) is 42.5 Å². The smallest absolute Gasteiger partial charge is 0.262 e. The molecule has 1 N–H and O–H groups in total. The van der Waals surface area contributed by atoms with E-state index in [9.17, 15) is 13.6 Å². The van der Waals surface area contributed by atoms with Gasteiger partial charge in [0.1, 0.15) is 5.75 Å². The summed E-state index contributed by atoms with van der Waals surface area (Å²) in [6, 6.07) is 9.77. The van der Waals surface area contributed by atoms with Crippen LogP contribution in [0.4, 0.5) is 14.5 Å². The molecule has 0 saturated heterocycles. The van der Waals surface area contributed by atoms with Crippen LogP contribution in [0.3, 0.4) is 0 Å². The molecule has 0 heterocycles. The predicted molar refractivity (Wildman–Crippen MR) is 71.9 cm³/mol. The molecule has 0 aliphatic heterocycles. The zero-order chi connectivity index (χ0) is 14.5. The summed E-state index contributed by atoms with van der Waals surface area (Å²) in [7, 11) is 0. The molecule has 0 bridgehead atoms. The molecule has 0 saturated carbocycles. The van der Waals surface area contributed by atoms with Gasteiger partial charge in [0, 0.05) is 11.8 Å². The Kier molecular flexibility index (Phi) is 4.53. The van der Waals surface area contributed by atoms with Crippen molar-refractivity contribution in [2.24, 2.45) is 0 Å². The molecule has 20 heavy (non-hydrogen) atoms. The molecular weight excluding hydrogens is 288 g/mol. The summed E-state index contributed by atoms with van der Waals surface area (Å²) in [5, 5.41) is 2.77. The molecule has 6 heteroatoms. The second-order valence-electron chi connectivity index (χ2n) is 3.90. The molecule has 0 unspecified atom stereocenters. The van der Waals surface area contributed by atoms with Gasteiger partial charge in [-0.3, -0.25) is 4.79 Å². The van der Waals surface area contributed by atoms with Crippen LogP contribution in [-0.4, -0.2) is 12.5 Å². The predicted octanol–water partition coefficient (Wildman–Crippen LogP) is 3.64. The first-order chi connectivity index (χ1) is 9.56. The van der Waals surface area contributed by atoms with Crippen molar-refractivity contribution in [1.29, 1.82) is 0 Å². The maximum atomic E-state index is 13.0. The molecule has 0 aromatic heterocycles. The summed E-state index contributed by atoms with van der Waals surface area (Å²) >= 11 is 5.86. The number of ether oxygens (including phenoxy) is 1. The molecule has 2 aromatic rings. The van der Waals surface area contributed by atoms with Gasteiger partial charge in [-0.1, -0.05) is 23.7 Å². The second-order valence-corrected chi connectivity index (χ2v) is 4.30. The van der Waals surface area contributed by atoms with E-state index in [1.54, 1.807) is 24.3 Å². The van der Waals surface area contributed by atoms with Crippen molar-refractivity contribution in [1.82, 2.24) is 0 Å². The van der Waals surface area contributed by atoms with Gasteiger partial charge in [-0.05, 0) is 24.3 Å². The van der Waals surface area contributed by atoms with Gasteiger partial charge in [-0.25, -0.2) is 8.78 Å². The molecule has 0 aliphatic rings. The maximum Gasteiger partial charge on any atom is 0.262 e. The zero-order valence-corrected chi connectivity index (χ0v) is 11.0. The van der Waals surface area contributed by atoms with Gasteiger partial charge < -0.3 is 10.1 Å². The summed E-state index contributed by atoms with van der Waals surface area (Å²) < 4.78 is 30.9. The van der Waals surface area contributed by atoms with E-state index < -0.39 is 17.5 Å². The molecule has 0 spiro atoms. The molecule has 2 aromatic carbocycles. The Morgan fingerprint density at radius 2 is 1.90 bits per heavy atom. The van der Waals surface area contributed by atoms with E-state index in [0.29, 0.717) is 10.8 Å². The van der Waals surface area contributed by atoms with Crippen LogP contribution >= 0.6 is 11.6 Å². The number of rotatable bonds is 4. The van der Waals surface area contributed by atoms with Crippen molar-refractivity contribution in [3.63, 3.8) is 0 Å². The van der Waals surface area contributed by atoms with E-state index >= 15 is 0 Å². The molecule has 0 fully saturated rings. The van der Waals surface area contributed by atoms with Gasteiger partial charge in [0.25, 0.3) is 5.91 Å². The topological polar surface area (TPSA) is 38.3 Å². The minimum Gasteiger partial charge on any atom is -0.482 e. The molecule has 0 atom stereocenters. The van der Waals surface area contributed by atoms with Crippen molar-refractivity contribution in [2.45, 2.75) is 0 Å². The standard InChI is InChI=1S/C14H10ClF2NO2/c15-10-3-1-2-4-13(10)20-8-14(19)18-9-5-6-11(16)12(17)7-9/h1-7H,8H2,(H,18,19). The average Bonchev–Trinajstić information content (AvgIpc) is 2.42. The highest BCUT2D eigenvalue weighted by Gasteiger charge is 2.08. The fourth-order valence-electron chi connectivity index (χ4n) is 1.48. The number of anilines is 1. The molecule has 0 radical (unpaired) electrons. The van der Waals surface area contributed by atoms with Crippen LogP contribution in [-0.2, 0) is 4.79 Å². The van der Waals surface area contributed by atoms with E-state index in [1.165, 1.54) is 6.07 Å². The first-order valence-electron chi connectivity index (χ1n) is 5.68. The first kappa shape index (κ1) is 14.3. The van der Waals surface area contributed by atoms with E-state index in [-0.39, 0.29) is 12.3 Å². The number of carbonyl (C=O) groups excluding carboxylic acids is 1. The number of amides is 1. The zero-order valence-electron chi connectivity index (χ0n) is 10.2. The minimum atomic E-state index is -1.03. The van der Waals surface area contributed by atoms with Gasteiger partial charge in [-0.2, -0.15) is 0 Å². The lowest BCUT2D eigenvalue weighted by atomic mass is 10.3. The molecule has 0 aliphatic carbocycles. The van der Waals surface area contributed by atoms with Crippen molar-refractivity contribution in [3.8, 4) is 5.75 Å². The second kappa shape index (κ2) is 6.34. The van der Waals surface area contributed by atoms with Gasteiger partial charge in [0.05, 0.1) is 5.02 Å². The average molecular weight is 298 g/mol. The number of benzene rings is 2. The Morgan fingerprint density at radius 1 is 1.15 bits per heavy atom. The lowest BCUT2D eigenvalue weighted by Crippen LogP contribution is -2.20. The normalized spacial score (nSPS) is 10.2. The quantitative estimate of drug-likeness (QED) is 0.936. The van der Waals surface area contributed by atoms with Crippen LogP contribution in [0.25, 0.3) is 0 Å². The Bertz CT molecular complexity index is 634. The van der Waals surface area contributed by atoms with Crippen LogP contribution < -0.4 is 10.1 Å². The molecule has 2 rings (SSSR count). The maximum absolute atomic E-state index is 13.0. The van der Waals surface area contributed by atoms with Crippen LogP contribution in [0.5, 0.6) is 5.75 Å². The third-order valence-corrected chi connectivity index (χ3v) is 2.71. The summed E-state index contributed by atoms with van der Waals surface area (Å²) in [5.74, 6) is -2.14. The minimum absolute atomic E-state index is 0.150. The summed E-state index contributed by atoms with van der Waals surface area (Å²) in [6.07, 6.45) is 0. The summed E-state index contributed by atoms with van der Waals surface area (Å²) in [4.78, 5) is 11.6. The first-order valence-corrected chi connectivity index (χ1v) is 6.06. The SMILES string of the molecule is O=C(COc1ccccc1Cl)Nc1ccc(F)c(F)c1. The van der Waals surface area contributed by atoms with Gasteiger partial charge in [-0.15, -0.1) is 0 Å². The summed E-state index contributed by atoms with van der Waals surface area (Å²) in [6.45, 7) is -0.289. The highest BCUT2D eigenvalue weighted by Crippen LogP contribution is 2.23. The number of para-hydroxylation sites is 1. The highest BCUT2D eigenvalue weighted by molar-refractivity contribution is 6.32. The number of halogens is 3. The number of hydrogen-bond acceptors (Lipinski definition) is 2. The largest absolute Gasteiger partial charge is 0.482 e. The third kappa shape index (κ3) is 3.68. The Hall–Kier alpha value is -2.14. The molecular formula is C14H10ClF2NO2. The lowest BCUT2D eigenvalue weighted by Gasteiger charge is -2.08. The number of carbonyl (C=O) groups is 1. The van der Waals surface area contributed by atoms with Gasteiger partial charge in [0.15, 0.2) is 18.2 Å². The monoisotopic (exact) mass is 297 g/mol. The highest BCUT2D eigenvalue weighted by atomic mass is 35.5. The fourth-order valence-corrected chi connectivity index (χ4v) is 1.67. The third-order valence-electron chi connectivity index (χ3n) is 2.40. The van der Waals surface area contributed by atoms with Crippen molar-refractivity contribution < 1.29 is 18.3 Å². The van der Waals surface area contributed by atoms with Crippen LogP contribution in [0.1, 0.15) is 0 Å². The van der Waals surface area contributed by atoms with E-state index in [0.717, 1.165) is 12.1 Å². The van der Waals surface area contributed by atoms with E-state index in [1.807, 2.05) is 0 Å². The van der Waals surface area contributed by atoms with Crippen molar-refractivity contribution in [3.05, 3.63) is 59.1 Å².